The van der Waals surface area contributed by atoms with E-state index in [-0.39, 0.29) is 25.6 Å². The fraction of sp³-hybridized carbons (Fsp3) is 0.812. The van der Waals surface area contributed by atoms with E-state index < -0.39 is 11.9 Å². The first-order valence-electron chi connectivity index (χ1n) is 8.15. The summed E-state index contributed by atoms with van der Waals surface area (Å²) < 4.78 is 14.9. The maximum Gasteiger partial charge on any atom is 0.313 e. The molecular formula is C16H26O6. The first-order chi connectivity index (χ1) is 10.7. The Morgan fingerprint density at radius 1 is 0.591 bits per heavy atom. The molecule has 6 heteroatoms. The second-order valence-electron chi connectivity index (χ2n) is 5.47. The summed E-state index contributed by atoms with van der Waals surface area (Å²) in [6, 6.07) is 0. The van der Waals surface area contributed by atoms with Crippen LogP contribution in [0, 0.1) is 0 Å². The van der Waals surface area contributed by atoms with Crippen molar-refractivity contribution in [2.24, 2.45) is 0 Å². The number of carbonyl (C=O) groups is 3. The van der Waals surface area contributed by atoms with Gasteiger partial charge in [0.1, 0.15) is 0 Å². The Kier molecular flexibility index (Phi) is 10.3. The predicted octanol–water partition coefficient (Wildman–Crippen LogP) is 2.88. The first kappa shape index (κ1) is 18.6. The maximum atomic E-state index is 11.5. The molecule has 1 saturated heterocycles. The van der Waals surface area contributed by atoms with Crippen molar-refractivity contribution in [2.75, 3.05) is 13.4 Å². The van der Waals surface area contributed by atoms with Gasteiger partial charge in [0, 0.05) is 19.3 Å². The van der Waals surface area contributed by atoms with Gasteiger partial charge in [0.15, 0.2) is 6.79 Å². The molecule has 0 radical (unpaired) electrons. The van der Waals surface area contributed by atoms with Gasteiger partial charge in [-0.15, -0.1) is 0 Å². The lowest BCUT2D eigenvalue weighted by molar-refractivity contribution is -0.160. The molecule has 0 aromatic carbocycles. The highest BCUT2D eigenvalue weighted by molar-refractivity contribution is 5.85. The van der Waals surface area contributed by atoms with Crippen LogP contribution in [0.1, 0.15) is 70.6 Å². The van der Waals surface area contributed by atoms with Crippen molar-refractivity contribution in [1.29, 1.82) is 0 Å². The van der Waals surface area contributed by atoms with Crippen molar-refractivity contribution in [3.63, 3.8) is 0 Å². The normalized spacial score (nSPS) is 21.9. The fourth-order valence-corrected chi connectivity index (χ4v) is 2.19. The van der Waals surface area contributed by atoms with E-state index in [1.807, 2.05) is 0 Å². The summed E-state index contributed by atoms with van der Waals surface area (Å²) in [6.07, 6.45) is 7.43. The van der Waals surface area contributed by atoms with Crippen LogP contribution in [0.3, 0.4) is 0 Å². The second kappa shape index (κ2) is 12.1. The zero-order valence-corrected chi connectivity index (χ0v) is 13.1. The van der Waals surface area contributed by atoms with Crippen LogP contribution in [0.4, 0.5) is 0 Å². The lowest BCUT2D eigenvalue weighted by Crippen LogP contribution is -2.12. The Balaban J connectivity index is 2.28. The van der Waals surface area contributed by atoms with Crippen molar-refractivity contribution in [2.45, 2.75) is 70.6 Å². The van der Waals surface area contributed by atoms with E-state index >= 15 is 0 Å². The minimum Gasteiger partial charge on any atom is -0.438 e. The molecule has 126 valence electrons. The van der Waals surface area contributed by atoms with E-state index in [9.17, 15) is 14.4 Å². The third-order valence-electron chi connectivity index (χ3n) is 3.46. The summed E-state index contributed by atoms with van der Waals surface area (Å²) in [6.45, 7) is 0.483. The van der Waals surface area contributed by atoms with Crippen molar-refractivity contribution in [1.82, 2.24) is 0 Å². The molecule has 1 heterocycles. The highest BCUT2D eigenvalue weighted by Gasteiger charge is 2.10. The summed E-state index contributed by atoms with van der Waals surface area (Å²) >= 11 is 0. The maximum absolute atomic E-state index is 11.5. The highest BCUT2D eigenvalue weighted by atomic mass is 16.7. The van der Waals surface area contributed by atoms with Crippen molar-refractivity contribution in [3.8, 4) is 0 Å². The minimum absolute atomic E-state index is 0.00459. The zero-order chi connectivity index (χ0) is 16.0. The van der Waals surface area contributed by atoms with E-state index in [0.717, 1.165) is 38.5 Å². The second-order valence-corrected chi connectivity index (χ2v) is 5.47. The number of cyclic esters (lactones) is 3. The standard InChI is InChI=1S/C16H26O6/c17-14-9-5-2-1-3-6-10-15(18)22-16(19)11-7-4-8-12-20-13-21-14/h1-13H2. The Bertz CT molecular complexity index is 353. The molecule has 0 unspecified atom stereocenters. The Morgan fingerprint density at radius 3 is 1.73 bits per heavy atom. The molecule has 0 amide bonds. The molecule has 0 aromatic rings. The predicted molar refractivity (Wildman–Crippen MR) is 78.8 cm³/mol. The van der Waals surface area contributed by atoms with Crippen LogP contribution in [-0.4, -0.2) is 31.3 Å². The van der Waals surface area contributed by atoms with Crippen LogP contribution in [0.2, 0.25) is 0 Å². The van der Waals surface area contributed by atoms with Crippen LogP contribution in [-0.2, 0) is 28.6 Å². The first-order valence-corrected chi connectivity index (χ1v) is 8.15. The SMILES string of the molecule is O=C1CCCCCCCC(=O)OC(=O)CCCCCOCO1. The third kappa shape index (κ3) is 10.3. The molecule has 0 N–H and O–H groups in total. The van der Waals surface area contributed by atoms with Gasteiger partial charge in [-0.1, -0.05) is 25.7 Å². The molecule has 0 aromatic heterocycles. The van der Waals surface area contributed by atoms with Crippen LogP contribution >= 0.6 is 0 Å². The Labute approximate surface area is 131 Å². The number of hydrogen-bond donors (Lipinski definition) is 0. The van der Waals surface area contributed by atoms with Gasteiger partial charge >= 0.3 is 17.9 Å². The average Bonchev–Trinajstić information content (AvgIpc) is 2.48. The molecule has 0 saturated carbocycles. The molecule has 0 spiro atoms. The van der Waals surface area contributed by atoms with Crippen molar-refractivity contribution < 1.29 is 28.6 Å². The Hall–Kier alpha value is -1.43. The number of rotatable bonds is 0. The molecule has 0 bridgehead atoms. The van der Waals surface area contributed by atoms with Gasteiger partial charge in [-0.25, -0.2) is 0 Å². The molecule has 1 fully saturated rings. The number of carbonyl (C=O) groups excluding carboxylic acids is 3. The van der Waals surface area contributed by atoms with Gasteiger partial charge in [0.05, 0.1) is 6.61 Å². The summed E-state index contributed by atoms with van der Waals surface area (Å²) in [7, 11) is 0. The topological polar surface area (TPSA) is 78.9 Å². The van der Waals surface area contributed by atoms with Gasteiger partial charge in [-0.05, 0) is 25.7 Å². The van der Waals surface area contributed by atoms with Gasteiger partial charge in [-0.3, -0.25) is 14.4 Å². The molecule has 22 heavy (non-hydrogen) atoms. The van der Waals surface area contributed by atoms with Gasteiger partial charge in [0.2, 0.25) is 0 Å². The van der Waals surface area contributed by atoms with Crippen LogP contribution < -0.4 is 0 Å². The van der Waals surface area contributed by atoms with Crippen LogP contribution in [0.15, 0.2) is 0 Å². The van der Waals surface area contributed by atoms with Crippen molar-refractivity contribution in [3.05, 3.63) is 0 Å². The lowest BCUT2D eigenvalue weighted by Gasteiger charge is -2.06. The average molecular weight is 314 g/mol. The molecule has 1 rings (SSSR count). The quantitative estimate of drug-likeness (QED) is 0.505. The molecule has 0 aliphatic carbocycles. The lowest BCUT2D eigenvalue weighted by atomic mass is 10.1. The monoisotopic (exact) mass is 314 g/mol. The van der Waals surface area contributed by atoms with E-state index in [2.05, 4.69) is 0 Å². The van der Waals surface area contributed by atoms with Gasteiger partial charge < -0.3 is 14.2 Å². The number of esters is 3. The van der Waals surface area contributed by atoms with E-state index in [0.29, 0.717) is 25.9 Å². The van der Waals surface area contributed by atoms with E-state index in [1.54, 1.807) is 0 Å². The molecule has 0 atom stereocenters. The van der Waals surface area contributed by atoms with Crippen LogP contribution in [0.5, 0.6) is 0 Å². The summed E-state index contributed by atoms with van der Waals surface area (Å²) in [5, 5.41) is 0. The smallest absolute Gasteiger partial charge is 0.313 e. The number of hydrogen-bond acceptors (Lipinski definition) is 6. The van der Waals surface area contributed by atoms with E-state index in [1.165, 1.54) is 0 Å². The fourth-order valence-electron chi connectivity index (χ4n) is 2.19. The van der Waals surface area contributed by atoms with Crippen LogP contribution in [0.25, 0.3) is 0 Å². The Morgan fingerprint density at radius 2 is 1.09 bits per heavy atom. The van der Waals surface area contributed by atoms with E-state index in [4.69, 9.17) is 14.2 Å². The highest BCUT2D eigenvalue weighted by Crippen LogP contribution is 2.09. The van der Waals surface area contributed by atoms with Crippen molar-refractivity contribution >= 4 is 17.9 Å². The van der Waals surface area contributed by atoms with Gasteiger partial charge in [-0.2, -0.15) is 0 Å². The molecule has 6 nitrogen and oxygen atoms in total. The summed E-state index contributed by atoms with van der Waals surface area (Å²) in [5.41, 5.74) is 0. The summed E-state index contributed by atoms with van der Waals surface area (Å²) in [4.78, 5) is 34.3. The largest absolute Gasteiger partial charge is 0.438 e. The molecular weight excluding hydrogens is 288 g/mol. The minimum atomic E-state index is -0.447. The third-order valence-corrected chi connectivity index (χ3v) is 3.46. The number of ether oxygens (including phenoxy) is 3. The summed E-state index contributed by atoms with van der Waals surface area (Å²) in [5.74, 6) is -1.11. The molecule has 1 aliphatic rings. The zero-order valence-electron chi connectivity index (χ0n) is 13.1. The van der Waals surface area contributed by atoms with Gasteiger partial charge in [0.25, 0.3) is 0 Å². The molecule has 1 aliphatic heterocycles.